The van der Waals surface area contributed by atoms with Gasteiger partial charge in [-0.25, -0.2) is 4.98 Å². The molecule has 0 aliphatic heterocycles. The fraction of sp³-hybridized carbons (Fsp3) is 0. The highest BCUT2D eigenvalue weighted by Crippen LogP contribution is 2.14. The summed E-state index contributed by atoms with van der Waals surface area (Å²) in [5.74, 6) is 0.207. The Morgan fingerprint density at radius 2 is 2.20 bits per heavy atom. The predicted molar refractivity (Wildman–Crippen MR) is 37.8 cm³/mol. The van der Waals surface area contributed by atoms with Gasteiger partial charge < -0.3 is 11.5 Å². The number of nitrogen functional groups attached to an aromatic ring is 2. The Morgan fingerprint density at radius 1 is 1.50 bits per heavy atom. The minimum Gasteiger partial charge on any atom is -0.395 e. The van der Waals surface area contributed by atoms with Crippen molar-refractivity contribution in [2.45, 2.75) is 0 Å². The largest absolute Gasteiger partial charge is 0.395 e. The molecule has 0 aliphatic carbocycles. The first-order valence-electron chi connectivity index (χ1n) is 2.65. The first-order valence-corrected chi connectivity index (χ1v) is 2.65. The zero-order chi connectivity index (χ0) is 7.56. The van der Waals surface area contributed by atoms with Gasteiger partial charge in [-0.15, -0.1) is 0 Å². The van der Waals surface area contributed by atoms with E-state index in [1.807, 2.05) is 6.07 Å². The summed E-state index contributed by atoms with van der Waals surface area (Å²) < 4.78 is 0. The van der Waals surface area contributed by atoms with E-state index in [-0.39, 0.29) is 11.5 Å². The molecule has 1 aromatic heterocycles. The molecule has 0 atom stereocenters. The lowest BCUT2D eigenvalue weighted by Crippen LogP contribution is -1.99. The van der Waals surface area contributed by atoms with Crippen LogP contribution in [0.25, 0.3) is 0 Å². The zero-order valence-electron chi connectivity index (χ0n) is 5.20. The smallest absolute Gasteiger partial charge is 0.147 e. The van der Waals surface area contributed by atoms with Gasteiger partial charge >= 0.3 is 0 Å². The van der Waals surface area contributed by atoms with Crippen LogP contribution in [0.2, 0.25) is 0 Å². The number of anilines is 2. The molecule has 0 radical (unpaired) electrons. The highest BCUT2D eigenvalue weighted by Gasteiger charge is 1.99. The maximum atomic E-state index is 8.43. The molecule has 1 rings (SSSR count). The third-order valence-electron chi connectivity index (χ3n) is 1.14. The Balaban J connectivity index is 3.31. The van der Waals surface area contributed by atoms with Crippen LogP contribution >= 0.6 is 0 Å². The Morgan fingerprint density at radius 3 is 2.70 bits per heavy atom. The van der Waals surface area contributed by atoms with E-state index in [1.165, 1.54) is 12.3 Å². The summed E-state index contributed by atoms with van der Waals surface area (Å²) in [6.07, 6.45) is 1.45. The second-order valence-electron chi connectivity index (χ2n) is 1.77. The van der Waals surface area contributed by atoms with Gasteiger partial charge in [0.2, 0.25) is 0 Å². The summed E-state index contributed by atoms with van der Waals surface area (Å²) >= 11 is 0. The van der Waals surface area contributed by atoms with Gasteiger partial charge in [0.15, 0.2) is 0 Å². The van der Waals surface area contributed by atoms with Crippen molar-refractivity contribution in [2.24, 2.45) is 0 Å². The van der Waals surface area contributed by atoms with E-state index in [0.717, 1.165) is 0 Å². The van der Waals surface area contributed by atoms with Crippen LogP contribution in [0.1, 0.15) is 5.56 Å². The van der Waals surface area contributed by atoms with Crippen molar-refractivity contribution in [1.29, 1.82) is 5.26 Å². The minimum atomic E-state index is 0.207. The average molecular weight is 134 g/mol. The van der Waals surface area contributed by atoms with E-state index in [2.05, 4.69) is 4.98 Å². The van der Waals surface area contributed by atoms with Crippen LogP contribution in [0, 0.1) is 11.3 Å². The summed E-state index contributed by atoms with van der Waals surface area (Å²) in [6, 6.07) is 3.41. The third-order valence-corrected chi connectivity index (χ3v) is 1.14. The van der Waals surface area contributed by atoms with Crippen molar-refractivity contribution in [3.05, 3.63) is 17.8 Å². The molecule has 0 aromatic carbocycles. The standard InChI is InChI=1S/C6H6N4/c7-3-4-1-2-10-6(9)5(4)8/h1-2H,8H2,(H2,9,10). The van der Waals surface area contributed by atoms with Gasteiger partial charge in [-0.3, -0.25) is 0 Å². The van der Waals surface area contributed by atoms with E-state index in [0.29, 0.717) is 5.56 Å². The lowest BCUT2D eigenvalue weighted by atomic mass is 10.2. The number of nitrogens with zero attached hydrogens (tertiary/aromatic N) is 2. The molecule has 0 aliphatic rings. The molecule has 0 fully saturated rings. The number of hydrogen-bond donors (Lipinski definition) is 2. The number of nitrogens with two attached hydrogens (primary N) is 2. The summed E-state index contributed by atoms with van der Waals surface area (Å²) in [5, 5.41) is 8.43. The van der Waals surface area contributed by atoms with Gasteiger partial charge in [0.05, 0.1) is 11.3 Å². The van der Waals surface area contributed by atoms with Crippen LogP contribution in [-0.2, 0) is 0 Å². The summed E-state index contributed by atoms with van der Waals surface area (Å²) in [6.45, 7) is 0. The van der Waals surface area contributed by atoms with Gasteiger partial charge in [-0.2, -0.15) is 5.26 Å². The lowest BCUT2D eigenvalue weighted by molar-refractivity contribution is 1.32. The number of pyridine rings is 1. The van der Waals surface area contributed by atoms with Gasteiger partial charge in [0.1, 0.15) is 11.9 Å². The molecular formula is C6H6N4. The van der Waals surface area contributed by atoms with E-state index >= 15 is 0 Å². The molecule has 0 amide bonds. The fourth-order valence-electron chi connectivity index (χ4n) is 0.587. The third kappa shape index (κ3) is 0.845. The van der Waals surface area contributed by atoms with Crippen molar-refractivity contribution < 1.29 is 0 Å². The second-order valence-corrected chi connectivity index (χ2v) is 1.77. The minimum absolute atomic E-state index is 0.207. The van der Waals surface area contributed by atoms with E-state index in [4.69, 9.17) is 16.7 Å². The second kappa shape index (κ2) is 2.23. The van der Waals surface area contributed by atoms with Crippen LogP contribution in [0.5, 0.6) is 0 Å². The van der Waals surface area contributed by atoms with Crippen LogP contribution < -0.4 is 11.5 Å². The van der Waals surface area contributed by atoms with Gasteiger partial charge in [-0.05, 0) is 6.07 Å². The first kappa shape index (κ1) is 6.36. The van der Waals surface area contributed by atoms with Gasteiger partial charge in [-0.1, -0.05) is 0 Å². The Kier molecular flexibility index (Phi) is 1.42. The molecule has 0 saturated carbocycles. The molecule has 4 nitrogen and oxygen atoms in total. The van der Waals surface area contributed by atoms with E-state index in [1.54, 1.807) is 0 Å². The average Bonchev–Trinajstić information content (AvgIpc) is 1.95. The Bertz CT molecular complexity index is 286. The van der Waals surface area contributed by atoms with Crippen molar-refractivity contribution in [1.82, 2.24) is 4.98 Å². The van der Waals surface area contributed by atoms with E-state index in [9.17, 15) is 0 Å². The van der Waals surface area contributed by atoms with Gasteiger partial charge in [0.25, 0.3) is 0 Å². The van der Waals surface area contributed by atoms with Crippen molar-refractivity contribution in [3.63, 3.8) is 0 Å². The van der Waals surface area contributed by atoms with Gasteiger partial charge in [0, 0.05) is 6.20 Å². The lowest BCUT2D eigenvalue weighted by Gasteiger charge is -1.97. The highest BCUT2D eigenvalue weighted by molar-refractivity contribution is 5.66. The quantitative estimate of drug-likeness (QED) is 0.527. The van der Waals surface area contributed by atoms with Crippen LogP contribution in [0.3, 0.4) is 0 Å². The Hall–Kier alpha value is -1.76. The molecule has 4 heteroatoms. The van der Waals surface area contributed by atoms with Crippen LogP contribution in [0.4, 0.5) is 11.5 Å². The molecule has 0 saturated heterocycles. The maximum absolute atomic E-state index is 8.43. The molecule has 0 spiro atoms. The SMILES string of the molecule is N#Cc1ccnc(N)c1N. The molecular weight excluding hydrogens is 128 g/mol. The van der Waals surface area contributed by atoms with E-state index < -0.39 is 0 Å². The summed E-state index contributed by atoms with van der Waals surface area (Å²) in [7, 11) is 0. The maximum Gasteiger partial charge on any atom is 0.147 e. The van der Waals surface area contributed by atoms with Crippen molar-refractivity contribution in [2.75, 3.05) is 11.5 Å². The summed E-state index contributed by atoms with van der Waals surface area (Å²) in [5.41, 5.74) is 11.3. The fourth-order valence-corrected chi connectivity index (χ4v) is 0.587. The zero-order valence-corrected chi connectivity index (χ0v) is 5.20. The normalized spacial score (nSPS) is 8.70. The summed E-state index contributed by atoms with van der Waals surface area (Å²) in [4.78, 5) is 3.69. The topological polar surface area (TPSA) is 88.7 Å². The number of aromatic nitrogens is 1. The Labute approximate surface area is 58.1 Å². The van der Waals surface area contributed by atoms with Crippen LogP contribution in [-0.4, -0.2) is 4.98 Å². The van der Waals surface area contributed by atoms with Crippen LogP contribution in [0.15, 0.2) is 12.3 Å². The molecule has 0 bridgehead atoms. The molecule has 4 N–H and O–H groups in total. The molecule has 0 unspecified atom stereocenters. The number of rotatable bonds is 0. The first-order chi connectivity index (χ1) is 4.75. The predicted octanol–water partition coefficient (Wildman–Crippen LogP) is 0.118. The van der Waals surface area contributed by atoms with Crippen molar-refractivity contribution >= 4 is 11.5 Å². The highest BCUT2D eigenvalue weighted by atomic mass is 14.9. The molecule has 1 aromatic rings. The monoisotopic (exact) mass is 134 g/mol. The molecule has 50 valence electrons. The molecule has 10 heavy (non-hydrogen) atoms. The van der Waals surface area contributed by atoms with Crippen molar-refractivity contribution in [3.8, 4) is 6.07 Å². The molecule has 1 heterocycles. The number of nitriles is 1. The number of hydrogen-bond acceptors (Lipinski definition) is 4.